The van der Waals surface area contributed by atoms with E-state index in [0.717, 1.165) is 0 Å². The zero-order valence-electron chi connectivity index (χ0n) is 13.4. The van der Waals surface area contributed by atoms with E-state index < -0.39 is 6.10 Å². The standard InChI is InChI=1S/C15H20ClN5O3/c1-2-21-14(23)5-12(19-21)15(24)18-11-3-9(4-13(11)22)7-20-8-10(16)6-17-20/h6,8-9,11,13,22H,2-5,7H2,1H3,(H,18,24)/t9?,11-,13-/m1/s1. The molecule has 0 spiro atoms. The molecule has 1 aliphatic carbocycles. The first-order valence-electron chi connectivity index (χ1n) is 8.01. The van der Waals surface area contributed by atoms with Gasteiger partial charge in [0.25, 0.3) is 5.91 Å². The van der Waals surface area contributed by atoms with E-state index in [4.69, 9.17) is 11.6 Å². The topological polar surface area (TPSA) is 99.8 Å². The maximum absolute atomic E-state index is 12.3. The molecule has 3 atom stereocenters. The smallest absolute Gasteiger partial charge is 0.268 e. The maximum atomic E-state index is 12.3. The number of nitrogens with zero attached hydrogens (tertiary/aromatic N) is 4. The highest BCUT2D eigenvalue weighted by Gasteiger charge is 2.36. The second-order valence-corrected chi connectivity index (χ2v) is 6.63. The Bertz CT molecular complexity index is 674. The Kier molecular flexibility index (Phi) is 4.86. The number of aliphatic hydroxyl groups is 1. The molecule has 2 aliphatic rings. The van der Waals surface area contributed by atoms with Crippen LogP contribution in [0.4, 0.5) is 0 Å². The molecular formula is C15H20ClN5O3. The van der Waals surface area contributed by atoms with Gasteiger partial charge in [-0.1, -0.05) is 11.6 Å². The number of amides is 2. The van der Waals surface area contributed by atoms with Crippen molar-refractivity contribution in [3.05, 3.63) is 17.4 Å². The van der Waals surface area contributed by atoms with Crippen molar-refractivity contribution in [3.63, 3.8) is 0 Å². The minimum absolute atomic E-state index is 0.0116. The van der Waals surface area contributed by atoms with Gasteiger partial charge in [0.2, 0.25) is 5.91 Å². The van der Waals surface area contributed by atoms with E-state index in [9.17, 15) is 14.7 Å². The summed E-state index contributed by atoms with van der Waals surface area (Å²) < 4.78 is 1.74. The SMILES string of the molecule is CCN1N=C(C(=O)N[C@@H]2CC(Cn3cc(Cl)cn3)C[C@H]2O)CC1=O. The highest BCUT2D eigenvalue weighted by molar-refractivity contribution is 6.43. The van der Waals surface area contributed by atoms with E-state index in [1.54, 1.807) is 24.0 Å². The van der Waals surface area contributed by atoms with Gasteiger partial charge in [0.1, 0.15) is 5.71 Å². The molecular weight excluding hydrogens is 334 g/mol. The van der Waals surface area contributed by atoms with Crippen LogP contribution in [0.5, 0.6) is 0 Å². The van der Waals surface area contributed by atoms with Gasteiger partial charge >= 0.3 is 0 Å². The molecule has 1 aromatic rings. The molecule has 1 aliphatic heterocycles. The van der Waals surface area contributed by atoms with Crippen molar-refractivity contribution in [1.82, 2.24) is 20.1 Å². The van der Waals surface area contributed by atoms with Crippen LogP contribution in [0, 0.1) is 5.92 Å². The van der Waals surface area contributed by atoms with E-state index in [2.05, 4.69) is 15.5 Å². The summed E-state index contributed by atoms with van der Waals surface area (Å²) in [6.45, 7) is 2.88. The van der Waals surface area contributed by atoms with Crippen LogP contribution in [0.25, 0.3) is 0 Å². The number of hydrogen-bond donors (Lipinski definition) is 2. The predicted octanol–water partition coefficient (Wildman–Crippen LogP) is 0.400. The fourth-order valence-corrected chi connectivity index (χ4v) is 3.38. The molecule has 9 heteroatoms. The van der Waals surface area contributed by atoms with Gasteiger partial charge in [-0.05, 0) is 25.7 Å². The van der Waals surface area contributed by atoms with Gasteiger partial charge in [-0.3, -0.25) is 14.3 Å². The third kappa shape index (κ3) is 3.59. The number of carbonyl (C=O) groups is 2. The molecule has 2 amide bonds. The summed E-state index contributed by atoms with van der Waals surface area (Å²) in [7, 11) is 0. The Hall–Kier alpha value is -1.93. The predicted molar refractivity (Wildman–Crippen MR) is 87.3 cm³/mol. The largest absolute Gasteiger partial charge is 0.391 e. The number of rotatable bonds is 5. The van der Waals surface area contributed by atoms with E-state index in [0.29, 0.717) is 31.0 Å². The average molecular weight is 354 g/mol. The van der Waals surface area contributed by atoms with Crippen molar-refractivity contribution < 1.29 is 14.7 Å². The molecule has 1 aromatic heterocycles. The number of aromatic nitrogens is 2. The highest BCUT2D eigenvalue weighted by Crippen LogP contribution is 2.28. The second-order valence-electron chi connectivity index (χ2n) is 6.20. The lowest BCUT2D eigenvalue weighted by Gasteiger charge is -2.16. The molecule has 3 rings (SSSR count). The Morgan fingerprint density at radius 2 is 2.29 bits per heavy atom. The summed E-state index contributed by atoms with van der Waals surface area (Å²) >= 11 is 5.85. The van der Waals surface area contributed by atoms with Crippen LogP contribution in [0.15, 0.2) is 17.5 Å². The first-order valence-corrected chi connectivity index (χ1v) is 8.38. The molecule has 2 N–H and O–H groups in total. The first kappa shape index (κ1) is 16.9. The monoisotopic (exact) mass is 353 g/mol. The summed E-state index contributed by atoms with van der Waals surface area (Å²) in [5, 5.41) is 23.0. The van der Waals surface area contributed by atoms with E-state index in [1.807, 2.05) is 0 Å². The lowest BCUT2D eigenvalue weighted by molar-refractivity contribution is -0.128. The number of nitrogens with one attached hydrogen (secondary N) is 1. The van der Waals surface area contributed by atoms with Crippen LogP contribution in [0.2, 0.25) is 5.02 Å². The third-order valence-corrected chi connectivity index (χ3v) is 4.59. The first-order chi connectivity index (χ1) is 11.5. The minimum Gasteiger partial charge on any atom is -0.391 e. The quantitative estimate of drug-likeness (QED) is 0.800. The van der Waals surface area contributed by atoms with Crippen LogP contribution in [0.1, 0.15) is 26.2 Å². The fourth-order valence-electron chi connectivity index (χ4n) is 3.22. The van der Waals surface area contributed by atoms with E-state index in [-0.39, 0.29) is 35.9 Å². The molecule has 0 saturated heterocycles. The molecule has 1 saturated carbocycles. The summed E-state index contributed by atoms with van der Waals surface area (Å²) in [6.07, 6.45) is 3.92. The number of carbonyl (C=O) groups excluding carboxylic acids is 2. The molecule has 130 valence electrons. The molecule has 2 heterocycles. The Morgan fingerprint density at radius 1 is 1.50 bits per heavy atom. The molecule has 0 bridgehead atoms. The van der Waals surface area contributed by atoms with Crippen LogP contribution in [-0.2, 0) is 16.1 Å². The van der Waals surface area contributed by atoms with Crippen LogP contribution < -0.4 is 5.32 Å². The lowest BCUT2D eigenvalue weighted by atomic mass is 10.1. The van der Waals surface area contributed by atoms with Gasteiger partial charge in [-0.2, -0.15) is 10.2 Å². The molecule has 1 fully saturated rings. The summed E-state index contributed by atoms with van der Waals surface area (Å²) in [4.78, 5) is 23.9. The summed E-state index contributed by atoms with van der Waals surface area (Å²) in [5.41, 5.74) is 0.205. The normalized spacial score (nSPS) is 26.8. The van der Waals surface area contributed by atoms with Gasteiger partial charge in [0, 0.05) is 19.3 Å². The van der Waals surface area contributed by atoms with Crippen LogP contribution in [-0.4, -0.2) is 56.1 Å². The van der Waals surface area contributed by atoms with Crippen molar-refractivity contribution in [2.45, 2.75) is 44.9 Å². The van der Waals surface area contributed by atoms with Gasteiger partial charge in [0.15, 0.2) is 0 Å². The molecule has 1 unspecified atom stereocenters. The number of aliphatic hydroxyl groups excluding tert-OH is 1. The Labute approximate surface area is 144 Å². The van der Waals surface area contributed by atoms with Crippen molar-refractivity contribution in [3.8, 4) is 0 Å². The number of halogens is 1. The fraction of sp³-hybridized carbons (Fsp3) is 0.600. The highest BCUT2D eigenvalue weighted by atomic mass is 35.5. The molecule has 24 heavy (non-hydrogen) atoms. The zero-order valence-corrected chi connectivity index (χ0v) is 14.1. The second kappa shape index (κ2) is 6.90. The van der Waals surface area contributed by atoms with Crippen LogP contribution in [0.3, 0.4) is 0 Å². The summed E-state index contributed by atoms with van der Waals surface area (Å²) in [6, 6.07) is -0.345. The van der Waals surface area contributed by atoms with Crippen molar-refractivity contribution in [1.29, 1.82) is 0 Å². The van der Waals surface area contributed by atoms with Crippen molar-refractivity contribution in [2.75, 3.05) is 6.54 Å². The minimum atomic E-state index is -0.620. The lowest BCUT2D eigenvalue weighted by Crippen LogP contribution is -2.43. The summed E-state index contributed by atoms with van der Waals surface area (Å²) in [5.74, 6) is -0.366. The van der Waals surface area contributed by atoms with Gasteiger partial charge in [0.05, 0.1) is 29.8 Å². The van der Waals surface area contributed by atoms with E-state index >= 15 is 0 Å². The number of hydrogen-bond acceptors (Lipinski definition) is 5. The van der Waals surface area contributed by atoms with Gasteiger partial charge in [-0.15, -0.1) is 0 Å². The van der Waals surface area contributed by atoms with Gasteiger partial charge < -0.3 is 10.4 Å². The van der Waals surface area contributed by atoms with E-state index in [1.165, 1.54) is 5.01 Å². The van der Waals surface area contributed by atoms with Gasteiger partial charge in [-0.25, -0.2) is 5.01 Å². The maximum Gasteiger partial charge on any atom is 0.268 e. The Morgan fingerprint density at radius 3 is 2.92 bits per heavy atom. The van der Waals surface area contributed by atoms with Crippen molar-refractivity contribution in [2.24, 2.45) is 11.0 Å². The van der Waals surface area contributed by atoms with Crippen LogP contribution >= 0.6 is 11.6 Å². The molecule has 0 radical (unpaired) electrons. The zero-order chi connectivity index (χ0) is 17.3. The molecule has 8 nitrogen and oxygen atoms in total. The number of hydrazone groups is 1. The van der Waals surface area contributed by atoms with Crippen molar-refractivity contribution >= 4 is 29.1 Å². The Balaban J connectivity index is 1.56. The average Bonchev–Trinajstić information content (AvgIpc) is 3.20. The third-order valence-electron chi connectivity index (χ3n) is 4.40. The molecule has 0 aromatic carbocycles.